The number of hydrogen-bond donors (Lipinski definition) is 2. The molecule has 4 heteroatoms. The first-order chi connectivity index (χ1) is 9.96. The van der Waals surface area contributed by atoms with E-state index in [0.717, 1.165) is 18.6 Å². The van der Waals surface area contributed by atoms with Gasteiger partial charge in [-0.15, -0.1) is 0 Å². The van der Waals surface area contributed by atoms with Crippen LogP contribution in [0.2, 0.25) is 0 Å². The molecule has 118 valence electrons. The molecular formula is C17H28N2O2. The lowest BCUT2D eigenvalue weighted by Crippen LogP contribution is -2.41. The van der Waals surface area contributed by atoms with Gasteiger partial charge < -0.3 is 15.8 Å². The summed E-state index contributed by atoms with van der Waals surface area (Å²) >= 11 is 0. The summed E-state index contributed by atoms with van der Waals surface area (Å²) in [4.78, 5) is 12.2. The zero-order valence-electron chi connectivity index (χ0n) is 13.6. The van der Waals surface area contributed by atoms with Crippen molar-refractivity contribution in [2.45, 2.75) is 52.7 Å². The van der Waals surface area contributed by atoms with E-state index in [1.165, 1.54) is 0 Å². The normalized spacial score (nSPS) is 13.8. The molecule has 2 atom stereocenters. The van der Waals surface area contributed by atoms with Gasteiger partial charge in [-0.3, -0.25) is 4.79 Å². The first-order valence-electron chi connectivity index (χ1n) is 7.73. The Morgan fingerprint density at radius 3 is 2.33 bits per heavy atom. The van der Waals surface area contributed by atoms with Gasteiger partial charge in [0.05, 0.1) is 6.10 Å². The predicted octanol–water partition coefficient (Wildman–Crippen LogP) is 2.97. The van der Waals surface area contributed by atoms with Crippen LogP contribution in [0.5, 0.6) is 5.75 Å². The van der Waals surface area contributed by atoms with Gasteiger partial charge in [0.15, 0.2) is 0 Å². The quantitative estimate of drug-likeness (QED) is 0.774. The number of benzene rings is 1. The highest BCUT2D eigenvalue weighted by molar-refractivity contribution is 5.94. The van der Waals surface area contributed by atoms with Crippen molar-refractivity contribution in [3.05, 3.63) is 29.8 Å². The van der Waals surface area contributed by atoms with Crippen LogP contribution in [0.3, 0.4) is 0 Å². The molecule has 0 fully saturated rings. The Balaban J connectivity index is 2.62. The van der Waals surface area contributed by atoms with Crippen LogP contribution in [0.25, 0.3) is 0 Å². The van der Waals surface area contributed by atoms with E-state index in [1.54, 1.807) is 12.1 Å². The fourth-order valence-electron chi connectivity index (χ4n) is 2.05. The highest BCUT2D eigenvalue weighted by Crippen LogP contribution is 2.15. The monoisotopic (exact) mass is 292 g/mol. The zero-order valence-corrected chi connectivity index (χ0v) is 13.6. The van der Waals surface area contributed by atoms with Gasteiger partial charge in [-0.05, 0) is 49.9 Å². The highest BCUT2D eigenvalue weighted by Gasteiger charge is 2.14. The minimum Gasteiger partial charge on any atom is -0.491 e. The van der Waals surface area contributed by atoms with Crippen LogP contribution in [0.4, 0.5) is 0 Å². The van der Waals surface area contributed by atoms with E-state index in [1.807, 2.05) is 19.1 Å². The number of amides is 1. The SMILES string of the molecule is CCC(C)Oc1ccc(C(=O)NC(CN)CC(C)C)cc1. The number of carbonyl (C=O) groups is 1. The Kier molecular flexibility index (Phi) is 7.23. The van der Waals surface area contributed by atoms with E-state index < -0.39 is 0 Å². The van der Waals surface area contributed by atoms with Crippen molar-refractivity contribution < 1.29 is 9.53 Å². The largest absolute Gasteiger partial charge is 0.491 e. The number of hydrogen-bond acceptors (Lipinski definition) is 3. The topological polar surface area (TPSA) is 64.3 Å². The fraction of sp³-hybridized carbons (Fsp3) is 0.588. The zero-order chi connectivity index (χ0) is 15.8. The third-order valence-electron chi connectivity index (χ3n) is 3.40. The fourth-order valence-corrected chi connectivity index (χ4v) is 2.05. The van der Waals surface area contributed by atoms with Crippen LogP contribution in [0.15, 0.2) is 24.3 Å². The maximum absolute atomic E-state index is 12.2. The van der Waals surface area contributed by atoms with Crippen molar-refractivity contribution in [1.82, 2.24) is 5.32 Å². The Bertz CT molecular complexity index is 429. The minimum atomic E-state index is -0.0822. The molecule has 1 rings (SSSR count). The first kappa shape index (κ1) is 17.5. The molecule has 0 aromatic heterocycles. The molecule has 0 aliphatic heterocycles. The smallest absolute Gasteiger partial charge is 0.251 e. The lowest BCUT2D eigenvalue weighted by Gasteiger charge is -2.19. The Morgan fingerprint density at radius 2 is 1.86 bits per heavy atom. The molecule has 0 saturated carbocycles. The van der Waals surface area contributed by atoms with Gasteiger partial charge in [0, 0.05) is 18.2 Å². The summed E-state index contributed by atoms with van der Waals surface area (Å²) in [5.74, 6) is 1.21. The van der Waals surface area contributed by atoms with E-state index in [-0.39, 0.29) is 18.1 Å². The number of carbonyl (C=O) groups excluding carboxylic acids is 1. The van der Waals surface area contributed by atoms with Crippen molar-refractivity contribution in [3.63, 3.8) is 0 Å². The minimum absolute atomic E-state index is 0.0218. The summed E-state index contributed by atoms with van der Waals surface area (Å²) in [7, 11) is 0. The number of nitrogens with two attached hydrogens (primary N) is 1. The van der Waals surface area contributed by atoms with Crippen molar-refractivity contribution in [2.24, 2.45) is 11.7 Å². The van der Waals surface area contributed by atoms with Gasteiger partial charge in [-0.25, -0.2) is 0 Å². The standard InChI is InChI=1S/C17H28N2O2/c1-5-13(4)21-16-8-6-14(7-9-16)17(20)19-15(11-18)10-12(2)3/h6-9,12-13,15H,5,10-11,18H2,1-4H3,(H,19,20). The van der Waals surface area contributed by atoms with Crippen LogP contribution < -0.4 is 15.8 Å². The molecule has 1 aromatic rings. The van der Waals surface area contributed by atoms with Crippen LogP contribution in [0.1, 0.15) is 50.9 Å². The number of nitrogens with one attached hydrogen (secondary N) is 1. The van der Waals surface area contributed by atoms with Gasteiger partial charge in [-0.2, -0.15) is 0 Å². The van der Waals surface area contributed by atoms with E-state index in [0.29, 0.717) is 18.0 Å². The molecule has 3 N–H and O–H groups in total. The third kappa shape index (κ3) is 6.17. The molecular weight excluding hydrogens is 264 g/mol. The van der Waals surface area contributed by atoms with E-state index in [9.17, 15) is 4.79 Å². The molecule has 1 aromatic carbocycles. The molecule has 0 bridgehead atoms. The maximum Gasteiger partial charge on any atom is 0.251 e. The third-order valence-corrected chi connectivity index (χ3v) is 3.40. The van der Waals surface area contributed by atoms with Gasteiger partial charge in [0.25, 0.3) is 5.91 Å². The van der Waals surface area contributed by atoms with Gasteiger partial charge in [0.1, 0.15) is 5.75 Å². The molecule has 0 radical (unpaired) electrons. The van der Waals surface area contributed by atoms with Crippen LogP contribution >= 0.6 is 0 Å². The maximum atomic E-state index is 12.2. The van der Waals surface area contributed by atoms with Crippen molar-refractivity contribution in [3.8, 4) is 5.75 Å². The molecule has 0 heterocycles. The number of rotatable bonds is 8. The molecule has 0 aliphatic carbocycles. The van der Waals surface area contributed by atoms with Gasteiger partial charge in [0.2, 0.25) is 0 Å². The second-order valence-corrected chi connectivity index (χ2v) is 5.90. The molecule has 0 spiro atoms. The van der Waals surface area contributed by atoms with Crippen molar-refractivity contribution in [2.75, 3.05) is 6.54 Å². The Morgan fingerprint density at radius 1 is 1.24 bits per heavy atom. The van der Waals surface area contributed by atoms with Crippen molar-refractivity contribution in [1.29, 1.82) is 0 Å². The molecule has 2 unspecified atom stereocenters. The summed E-state index contributed by atoms with van der Waals surface area (Å²) in [6.07, 6.45) is 2.02. The Labute approximate surface area is 128 Å². The molecule has 0 aliphatic rings. The second kappa shape index (κ2) is 8.67. The average Bonchev–Trinajstić information content (AvgIpc) is 2.46. The summed E-state index contributed by atoms with van der Waals surface area (Å²) < 4.78 is 5.70. The highest BCUT2D eigenvalue weighted by atomic mass is 16.5. The van der Waals surface area contributed by atoms with E-state index in [4.69, 9.17) is 10.5 Å². The average molecular weight is 292 g/mol. The van der Waals surface area contributed by atoms with Crippen LogP contribution in [-0.2, 0) is 0 Å². The predicted molar refractivity (Wildman–Crippen MR) is 86.6 cm³/mol. The van der Waals surface area contributed by atoms with Crippen LogP contribution in [-0.4, -0.2) is 24.6 Å². The first-order valence-corrected chi connectivity index (χ1v) is 7.73. The van der Waals surface area contributed by atoms with E-state index in [2.05, 4.69) is 26.1 Å². The van der Waals surface area contributed by atoms with E-state index >= 15 is 0 Å². The van der Waals surface area contributed by atoms with Crippen molar-refractivity contribution >= 4 is 5.91 Å². The molecule has 4 nitrogen and oxygen atoms in total. The van der Waals surface area contributed by atoms with Crippen LogP contribution in [0, 0.1) is 5.92 Å². The summed E-state index contributed by atoms with van der Waals surface area (Å²) in [5, 5.41) is 2.98. The summed E-state index contributed by atoms with van der Waals surface area (Å²) in [5.41, 5.74) is 6.34. The Hall–Kier alpha value is -1.55. The summed E-state index contributed by atoms with van der Waals surface area (Å²) in [6.45, 7) is 8.80. The lowest BCUT2D eigenvalue weighted by atomic mass is 10.0. The van der Waals surface area contributed by atoms with Gasteiger partial charge >= 0.3 is 0 Å². The molecule has 0 saturated heterocycles. The summed E-state index contributed by atoms with van der Waals surface area (Å²) in [6, 6.07) is 7.27. The second-order valence-electron chi connectivity index (χ2n) is 5.90. The number of ether oxygens (including phenoxy) is 1. The lowest BCUT2D eigenvalue weighted by molar-refractivity contribution is 0.0933. The van der Waals surface area contributed by atoms with Gasteiger partial charge in [-0.1, -0.05) is 20.8 Å². The molecule has 1 amide bonds. The molecule has 21 heavy (non-hydrogen) atoms.